The maximum absolute atomic E-state index is 13.4. The van der Waals surface area contributed by atoms with Crippen LogP contribution in [0, 0.1) is 19.8 Å². The van der Waals surface area contributed by atoms with Crippen molar-refractivity contribution in [3.8, 4) is 0 Å². The van der Waals surface area contributed by atoms with Gasteiger partial charge >= 0.3 is 0 Å². The second-order valence-corrected chi connectivity index (χ2v) is 9.95. The molecule has 1 aromatic carbocycles. The maximum Gasteiger partial charge on any atom is 0.269 e. The molecule has 4 heterocycles. The molecule has 0 spiro atoms. The molecule has 0 saturated carbocycles. The number of fused-ring (bicyclic) bond motifs is 3. The molecule has 1 fully saturated rings. The third-order valence-corrected chi connectivity index (χ3v) is 8.02. The molecule has 0 atom stereocenters. The van der Waals surface area contributed by atoms with Gasteiger partial charge in [-0.3, -0.25) is 0 Å². The average Bonchev–Trinajstić information content (AvgIpc) is 3.34. The summed E-state index contributed by atoms with van der Waals surface area (Å²) in [5.74, 6) is 1.16. The first-order valence-electron chi connectivity index (χ1n) is 10.4. The summed E-state index contributed by atoms with van der Waals surface area (Å²) in [4.78, 5) is 9.41. The van der Waals surface area contributed by atoms with Crippen LogP contribution in [0.25, 0.3) is 22.1 Å². The van der Waals surface area contributed by atoms with Crippen LogP contribution in [-0.4, -0.2) is 51.8 Å². The van der Waals surface area contributed by atoms with Crippen molar-refractivity contribution in [2.24, 2.45) is 5.92 Å². The highest BCUT2D eigenvalue weighted by atomic mass is 32.2. The second-order valence-electron chi connectivity index (χ2n) is 8.16. The fourth-order valence-corrected chi connectivity index (χ4v) is 6.05. The summed E-state index contributed by atoms with van der Waals surface area (Å²) >= 11 is 0. The lowest BCUT2D eigenvalue weighted by atomic mass is 9.99. The van der Waals surface area contributed by atoms with Crippen LogP contribution >= 0.6 is 0 Å². The highest BCUT2D eigenvalue weighted by molar-refractivity contribution is 7.90. The first-order chi connectivity index (χ1) is 14.9. The van der Waals surface area contributed by atoms with Crippen molar-refractivity contribution in [3.05, 3.63) is 54.1 Å². The van der Waals surface area contributed by atoms with Gasteiger partial charge in [0.1, 0.15) is 16.9 Å². The molecule has 1 aliphatic heterocycles. The third kappa shape index (κ3) is 3.11. The molecular formula is C22H25N5O3S. The highest BCUT2D eigenvalue weighted by Crippen LogP contribution is 2.30. The van der Waals surface area contributed by atoms with Crippen molar-refractivity contribution in [2.75, 3.05) is 24.7 Å². The molecule has 0 radical (unpaired) electrons. The predicted molar refractivity (Wildman–Crippen MR) is 119 cm³/mol. The van der Waals surface area contributed by atoms with Crippen LogP contribution in [0.2, 0.25) is 0 Å². The number of nitrogens with zero attached hydrogens (tertiary/aromatic N) is 5. The van der Waals surface area contributed by atoms with Gasteiger partial charge in [-0.1, -0.05) is 18.2 Å². The van der Waals surface area contributed by atoms with E-state index in [1.807, 2.05) is 13.0 Å². The van der Waals surface area contributed by atoms with Crippen molar-refractivity contribution in [1.82, 2.24) is 18.6 Å². The van der Waals surface area contributed by atoms with Crippen LogP contribution in [0.15, 0.2) is 47.6 Å². The number of aliphatic hydroxyl groups excluding tert-OH is 1. The lowest BCUT2D eigenvalue weighted by molar-refractivity contribution is 0.196. The number of aromatic nitrogens is 4. The lowest BCUT2D eigenvalue weighted by Gasteiger charge is -2.34. The van der Waals surface area contributed by atoms with Crippen LogP contribution in [0.4, 0.5) is 0 Å². The Morgan fingerprint density at radius 3 is 2.58 bits per heavy atom. The summed E-state index contributed by atoms with van der Waals surface area (Å²) in [6.07, 6.45) is 5.04. The van der Waals surface area contributed by atoms with E-state index in [1.165, 1.54) is 3.97 Å². The van der Waals surface area contributed by atoms with Crippen LogP contribution < -0.4 is 5.01 Å². The van der Waals surface area contributed by atoms with E-state index in [0.717, 1.165) is 48.2 Å². The summed E-state index contributed by atoms with van der Waals surface area (Å²) in [7, 11) is -3.78. The number of hydrogen-bond donors (Lipinski definition) is 1. The zero-order valence-corrected chi connectivity index (χ0v) is 18.4. The fourth-order valence-electron chi connectivity index (χ4n) is 4.52. The Bertz CT molecular complexity index is 1380. The van der Waals surface area contributed by atoms with Gasteiger partial charge in [0, 0.05) is 31.3 Å². The zero-order valence-electron chi connectivity index (χ0n) is 17.6. The third-order valence-electron chi connectivity index (χ3n) is 6.20. The molecule has 4 aromatic rings. The van der Waals surface area contributed by atoms with Crippen molar-refractivity contribution in [2.45, 2.75) is 31.6 Å². The van der Waals surface area contributed by atoms with Gasteiger partial charge in [0.2, 0.25) is 0 Å². The molecule has 1 N–H and O–H groups in total. The minimum Gasteiger partial charge on any atom is -0.396 e. The molecular weight excluding hydrogens is 414 g/mol. The number of rotatable bonds is 4. The van der Waals surface area contributed by atoms with Gasteiger partial charge in [-0.25, -0.2) is 27.0 Å². The van der Waals surface area contributed by atoms with Crippen LogP contribution in [0.5, 0.6) is 0 Å². The molecule has 1 aliphatic rings. The van der Waals surface area contributed by atoms with E-state index in [0.29, 0.717) is 17.1 Å². The molecule has 31 heavy (non-hydrogen) atoms. The van der Waals surface area contributed by atoms with E-state index in [-0.39, 0.29) is 11.5 Å². The molecule has 3 aromatic heterocycles. The summed E-state index contributed by atoms with van der Waals surface area (Å²) in [6.45, 7) is 5.57. The van der Waals surface area contributed by atoms with Gasteiger partial charge in [-0.2, -0.15) is 0 Å². The SMILES string of the molecule is Cc1ccccc1S(=O)(=O)n1ccc2c1ncc1nc(C)n(N3CCC(CO)CC3)c12. The molecule has 9 heteroatoms. The largest absolute Gasteiger partial charge is 0.396 e. The van der Waals surface area contributed by atoms with E-state index < -0.39 is 10.0 Å². The summed E-state index contributed by atoms with van der Waals surface area (Å²) in [5.41, 5.74) is 2.68. The van der Waals surface area contributed by atoms with Crippen molar-refractivity contribution >= 4 is 32.1 Å². The van der Waals surface area contributed by atoms with E-state index in [1.54, 1.807) is 43.6 Å². The molecule has 1 saturated heterocycles. The number of hydrogen-bond acceptors (Lipinski definition) is 6. The standard InChI is InChI=1S/C22H25N5O3S/c1-15-5-3-4-6-20(15)31(29,30)26-12-9-18-21-19(13-23-22(18)26)24-16(2)27(21)25-10-7-17(14-28)8-11-25/h3-6,9,12-13,17,28H,7-8,10-11,14H2,1-2H3. The van der Waals surface area contributed by atoms with Crippen molar-refractivity contribution in [1.29, 1.82) is 0 Å². The Labute approximate surface area is 180 Å². The van der Waals surface area contributed by atoms with Gasteiger partial charge in [0.05, 0.1) is 11.1 Å². The van der Waals surface area contributed by atoms with Crippen molar-refractivity contribution in [3.63, 3.8) is 0 Å². The Hall–Kier alpha value is -2.91. The number of aliphatic hydroxyl groups is 1. The quantitative estimate of drug-likeness (QED) is 0.525. The summed E-state index contributed by atoms with van der Waals surface area (Å²) in [5, 5.41) is 12.4. The average molecular weight is 440 g/mol. The molecule has 162 valence electrons. The number of pyridine rings is 1. The Morgan fingerprint density at radius 2 is 1.87 bits per heavy atom. The number of imidazole rings is 1. The van der Waals surface area contributed by atoms with Crippen molar-refractivity contribution < 1.29 is 13.5 Å². The molecule has 0 unspecified atom stereocenters. The first-order valence-corrected chi connectivity index (χ1v) is 11.9. The Morgan fingerprint density at radius 1 is 1.13 bits per heavy atom. The predicted octanol–water partition coefficient (Wildman–Crippen LogP) is 2.58. The van der Waals surface area contributed by atoms with E-state index in [9.17, 15) is 13.5 Å². The van der Waals surface area contributed by atoms with Gasteiger partial charge in [-0.05, 0) is 50.3 Å². The smallest absolute Gasteiger partial charge is 0.269 e. The van der Waals surface area contributed by atoms with E-state index in [2.05, 4.69) is 19.7 Å². The molecule has 0 aliphatic carbocycles. The minimum absolute atomic E-state index is 0.214. The monoisotopic (exact) mass is 439 g/mol. The number of aryl methyl sites for hydroxylation is 2. The van der Waals surface area contributed by atoms with E-state index >= 15 is 0 Å². The summed E-state index contributed by atoms with van der Waals surface area (Å²) in [6, 6.07) is 8.77. The topological polar surface area (TPSA) is 93.2 Å². The van der Waals surface area contributed by atoms with Crippen LogP contribution in [0.1, 0.15) is 24.2 Å². The second kappa shape index (κ2) is 7.35. The first kappa shape index (κ1) is 20.0. The Balaban J connectivity index is 1.67. The minimum atomic E-state index is -3.78. The van der Waals surface area contributed by atoms with Crippen LogP contribution in [-0.2, 0) is 10.0 Å². The highest BCUT2D eigenvalue weighted by Gasteiger charge is 2.26. The normalized spacial score (nSPS) is 15.9. The van der Waals surface area contributed by atoms with Gasteiger partial charge in [0.15, 0.2) is 5.65 Å². The van der Waals surface area contributed by atoms with Gasteiger partial charge in [-0.15, -0.1) is 0 Å². The van der Waals surface area contributed by atoms with Crippen LogP contribution in [0.3, 0.4) is 0 Å². The number of piperidine rings is 1. The summed E-state index contributed by atoms with van der Waals surface area (Å²) < 4.78 is 30.1. The maximum atomic E-state index is 13.4. The molecule has 5 rings (SSSR count). The zero-order chi connectivity index (χ0) is 21.8. The Kier molecular flexibility index (Phi) is 4.75. The van der Waals surface area contributed by atoms with Gasteiger partial charge < -0.3 is 10.1 Å². The molecule has 0 amide bonds. The van der Waals surface area contributed by atoms with Gasteiger partial charge in [0.25, 0.3) is 10.0 Å². The number of benzene rings is 1. The fraction of sp³-hybridized carbons (Fsp3) is 0.364. The molecule has 8 nitrogen and oxygen atoms in total. The lowest BCUT2D eigenvalue weighted by Crippen LogP contribution is -2.42. The molecule has 0 bridgehead atoms. The van der Waals surface area contributed by atoms with E-state index in [4.69, 9.17) is 0 Å².